The van der Waals surface area contributed by atoms with Crippen LogP contribution in [0.2, 0.25) is 0 Å². The second kappa shape index (κ2) is 10.9. The van der Waals surface area contributed by atoms with E-state index < -0.39 is 23.1 Å². The van der Waals surface area contributed by atoms with Crippen LogP contribution in [0, 0.1) is 18.2 Å². The lowest BCUT2D eigenvalue weighted by Gasteiger charge is -2.32. The molecule has 1 aliphatic rings. The maximum Gasteiger partial charge on any atom is 0.251 e. The maximum absolute atomic E-state index is 14.5. The van der Waals surface area contributed by atoms with Gasteiger partial charge in [0.15, 0.2) is 5.78 Å². The van der Waals surface area contributed by atoms with E-state index in [-0.39, 0.29) is 42.7 Å². The average Bonchev–Trinajstić information content (AvgIpc) is 3.64. The maximum atomic E-state index is 14.5. The van der Waals surface area contributed by atoms with Crippen LogP contribution >= 0.6 is 0 Å². The Hall–Kier alpha value is -2.67. The van der Waals surface area contributed by atoms with Gasteiger partial charge < -0.3 is 10.6 Å². The van der Waals surface area contributed by atoms with Gasteiger partial charge in [0, 0.05) is 36.8 Å². The van der Waals surface area contributed by atoms with Gasteiger partial charge in [0.1, 0.15) is 5.82 Å². The van der Waals surface area contributed by atoms with E-state index in [9.17, 15) is 22.8 Å². The third-order valence-electron chi connectivity index (χ3n) is 7.39. The molecule has 0 unspecified atom stereocenters. The van der Waals surface area contributed by atoms with E-state index in [1.165, 1.54) is 6.07 Å². The highest BCUT2D eigenvalue weighted by atomic mass is 19.3. The second-order valence-corrected chi connectivity index (χ2v) is 9.74. The largest absolute Gasteiger partial charge is 0.355 e. The molecule has 4 nitrogen and oxygen atoms in total. The van der Waals surface area contributed by atoms with Crippen LogP contribution in [0.1, 0.15) is 72.5 Å². The number of hydrogen-bond donors (Lipinski definition) is 2. The second-order valence-electron chi connectivity index (χ2n) is 9.74. The van der Waals surface area contributed by atoms with Crippen LogP contribution in [0.3, 0.4) is 0 Å². The summed E-state index contributed by atoms with van der Waals surface area (Å²) < 4.78 is 43.6. The number of nitrogens with one attached hydrogen (secondary N) is 2. The molecule has 0 bridgehead atoms. The van der Waals surface area contributed by atoms with Crippen LogP contribution in [-0.4, -0.2) is 37.2 Å². The third-order valence-corrected chi connectivity index (χ3v) is 7.39. The van der Waals surface area contributed by atoms with Gasteiger partial charge in [-0.25, -0.2) is 13.2 Å². The number of alkyl halides is 2. The first-order chi connectivity index (χ1) is 16.5. The minimum Gasteiger partial charge on any atom is -0.355 e. The number of likely N-dealkylation sites (N-methyl/N-ethyl adjacent to an activating group) is 1. The molecule has 190 valence electrons. The Balaban J connectivity index is 1.67. The Morgan fingerprint density at radius 2 is 1.80 bits per heavy atom. The Morgan fingerprint density at radius 1 is 1.14 bits per heavy atom. The Kier molecular flexibility index (Phi) is 8.42. The van der Waals surface area contributed by atoms with Crippen molar-refractivity contribution in [3.63, 3.8) is 0 Å². The summed E-state index contributed by atoms with van der Waals surface area (Å²) in [6.45, 7) is 4.74. The molecule has 2 aromatic rings. The molecule has 2 atom stereocenters. The summed E-state index contributed by atoms with van der Waals surface area (Å²) >= 11 is 0. The Morgan fingerprint density at radius 3 is 2.34 bits per heavy atom. The minimum absolute atomic E-state index is 0.0225. The summed E-state index contributed by atoms with van der Waals surface area (Å²) in [6, 6.07) is 11.8. The van der Waals surface area contributed by atoms with Crippen molar-refractivity contribution in [1.29, 1.82) is 0 Å². The summed E-state index contributed by atoms with van der Waals surface area (Å²) in [5.74, 6) is -4.53. The zero-order valence-corrected chi connectivity index (χ0v) is 20.9. The standard InChI is InChI=1S/C28H35F3N2O2/c1-5-25(34)22-13-18(2)20(15-24(22)29)14-21(32-4)17-33-26(35)16-23(19-9-7-6-8-10-19)28(11-12-28)27(3,30)31/h6-10,13,15,21,23,32H,5,11-12,14,16-17H2,1-4H3,(H,33,35)/t21-,23+/m0/s1. The van der Waals surface area contributed by atoms with E-state index in [4.69, 9.17) is 0 Å². The summed E-state index contributed by atoms with van der Waals surface area (Å²) in [6.07, 6.45) is 1.44. The lowest BCUT2D eigenvalue weighted by atomic mass is 9.77. The highest BCUT2D eigenvalue weighted by molar-refractivity contribution is 5.96. The molecule has 1 fully saturated rings. The summed E-state index contributed by atoms with van der Waals surface area (Å²) in [4.78, 5) is 24.8. The van der Waals surface area contributed by atoms with E-state index in [0.717, 1.165) is 23.6 Å². The topological polar surface area (TPSA) is 58.2 Å². The SMILES string of the molecule is CCC(=O)c1cc(C)c(C[C@@H](CNC(=O)C[C@H](c2ccccc2)C2(C(C)(F)F)CC2)NC)cc1F. The lowest BCUT2D eigenvalue weighted by molar-refractivity contribution is -0.123. The van der Waals surface area contributed by atoms with Crippen LogP contribution in [-0.2, 0) is 11.2 Å². The van der Waals surface area contributed by atoms with Crippen LogP contribution in [0.15, 0.2) is 42.5 Å². The van der Waals surface area contributed by atoms with E-state index in [1.807, 2.05) is 37.3 Å². The molecular formula is C28H35F3N2O2. The van der Waals surface area contributed by atoms with Crippen molar-refractivity contribution in [2.75, 3.05) is 13.6 Å². The van der Waals surface area contributed by atoms with Crippen molar-refractivity contribution in [2.45, 2.75) is 70.8 Å². The molecule has 1 aliphatic carbocycles. The minimum atomic E-state index is -2.88. The van der Waals surface area contributed by atoms with Crippen molar-refractivity contribution < 1.29 is 22.8 Å². The fourth-order valence-corrected chi connectivity index (χ4v) is 4.93. The van der Waals surface area contributed by atoms with Gasteiger partial charge in [-0.15, -0.1) is 0 Å². The number of benzene rings is 2. The Labute approximate surface area is 205 Å². The van der Waals surface area contributed by atoms with E-state index in [2.05, 4.69) is 10.6 Å². The number of carbonyl (C=O) groups is 2. The van der Waals surface area contributed by atoms with Crippen LogP contribution in [0.4, 0.5) is 13.2 Å². The highest BCUT2D eigenvalue weighted by Crippen LogP contribution is 2.65. The monoisotopic (exact) mass is 488 g/mol. The molecule has 1 saturated carbocycles. The molecule has 7 heteroatoms. The van der Waals surface area contributed by atoms with Crippen molar-refractivity contribution in [3.05, 3.63) is 70.5 Å². The predicted molar refractivity (Wildman–Crippen MR) is 131 cm³/mol. The van der Waals surface area contributed by atoms with Gasteiger partial charge in [-0.1, -0.05) is 37.3 Å². The van der Waals surface area contributed by atoms with Gasteiger partial charge in [-0.05, 0) is 69.0 Å². The molecule has 0 heterocycles. The third kappa shape index (κ3) is 6.13. The molecule has 0 radical (unpaired) electrons. The lowest BCUT2D eigenvalue weighted by Crippen LogP contribution is -2.42. The van der Waals surface area contributed by atoms with Gasteiger partial charge in [-0.3, -0.25) is 9.59 Å². The number of rotatable bonds is 12. The van der Waals surface area contributed by atoms with Crippen molar-refractivity contribution in [1.82, 2.24) is 10.6 Å². The molecule has 2 N–H and O–H groups in total. The molecular weight excluding hydrogens is 453 g/mol. The van der Waals surface area contributed by atoms with Gasteiger partial charge >= 0.3 is 0 Å². The number of halogens is 3. The van der Waals surface area contributed by atoms with Crippen molar-refractivity contribution in [2.24, 2.45) is 5.41 Å². The number of Topliss-reactive ketones (excluding diaryl/α,β-unsaturated/α-hetero) is 1. The molecule has 35 heavy (non-hydrogen) atoms. The molecule has 1 amide bonds. The fraction of sp³-hybridized carbons (Fsp3) is 0.500. The summed E-state index contributed by atoms with van der Waals surface area (Å²) in [5.41, 5.74) is 1.20. The molecule has 0 spiro atoms. The number of aryl methyl sites for hydroxylation is 1. The van der Waals surface area contributed by atoms with Gasteiger partial charge in [0.25, 0.3) is 5.92 Å². The first-order valence-corrected chi connectivity index (χ1v) is 12.2. The molecule has 2 aromatic carbocycles. The molecule has 0 aliphatic heterocycles. The van der Waals surface area contributed by atoms with Gasteiger partial charge in [-0.2, -0.15) is 0 Å². The zero-order chi connectivity index (χ0) is 25.8. The van der Waals surface area contributed by atoms with E-state index >= 15 is 0 Å². The van der Waals surface area contributed by atoms with Crippen LogP contribution in [0.25, 0.3) is 0 Å². The number of amides is 1. The zero-order valence-electron chi connectivity index (χ0n) is 20.9. The average molecular weight is 489 g/mol. The quantitative estimate of drug-likeness (QED) is 0.384. The highest BCUT2D eigenvalue weighted by Gasteiger charge is 2.63. The smallest absolute Gasteiger partial charge is 0.251 e. The fourth-order valence-electron chi connectivity index (χ4n) is 4.93. The molecule has 3 rings (SSSR count). The summed E-state index contributed by atoms with van der Waals surface area (Å²) in [5, 5.41) is 6.01. The normalized spacial score (nSPS) is 16.4. The van der Waals surface area contributed by atoms with Gasteiger partial charge in [0.05, 0.1) is 5.56 Å². The predicted octanol–water partition coefficient (Wildman–Crippen LogP) is 5.58. The van der Waals surface area contributed by atoms with Crippen molar-refractivity contribution in [3.8, 4) is 0 Å². The van der Waals surface area contributed by atoms with E-state index in [1.54, 1.807) is 20.0 Å². The van der Waals surface area contributed by atoms with Crippen LogP contribution < -0.4 is 10.6 Å². The number of hydrogen-bond acceptors (Lipinski definition) is 3. The van der Waals surface area contributed by atoms with E-state index in [0.29, 0.717) is 19.3 Å². The summed E-state index contributed by atoms with van der Waals surface area (Å²) in [7, 11) is 1.75. The van der Waals surface area contributed by atoms with Crippen LogP contribution in [0.5, 0.6) is 0 Å². The van der Waals surface area contributed by atoms with Crippen molar-refractivity contribution >= 4 is 11.7 Å². The van der Waals surface area contributed by atoms with Gasteiger partial charge in [0.2, 0.25) is 5.91 Å². The number of ketones is 1. The first kappa shape index (κ1) is 26.9. The number of carbonyl (C=O) groups excluding carboxylic acids is 2. The Bertz CT molecular complexity index is 1050. The molecule has 0 aromatic heterocycles. The first-order valence-electron chi connectivity index (χ1n) is 12.2. The molecule has 0 saturated heterocycles.